The van der Waals surface area contributed by atoms with Gasteiger partial charge in [0.2, 0.25) is 0 Å². The number of carbonyl (C=O) groups excluding carboxylic acids is 2. The molecule has 0 radical (unpaired) electrons. The summed E-state index contributed by atoms with van der Waals surface area (Å²) in [6.45, 7) is 4.52. The molecule has 0 unspecified atom stereocenters. The SMILES string of the molecule is CC(C)n1cc(C(=O)Nc2ccc3c(c2)CN(C)C(=O)N3)cn1. The Morgan fingerprint density at radius 2 is 2.17 bits per heavy atom. The van der Waals surface area contributed by atoms with Crippen LogP contribution in [0.3, 0.4) is 0 Å². The molecule has 0 saturated carbocycles. The Bertz CT molecular complexity index is 766. The number of hydrogen-bond donors (Lipinski definition) is 2. The van der Waals surface area contributed by atoms with Crippen LogP contribution < -0.4 is 10.6 Å². The van der Waals surface area contributed by atoms with Crippen molar-refractivity contribution in [3.63, 3.8) is 0 Å². The molecule has 0 spiro atoms. The second kappa shape index (κ2) is 5.75. The van der Waals surface area contributed by atoms with Crippen LogP contribution in [0.2, 0.25) is 0 Å². The van der Waals surface area contributed by atoms with E-state index in [0.29, 0.717) is 17.8 Å². The second-order valence-electron chi connectivity index (χ2n) is 5.92. The first-order valence-electron chi connectivity index (χ1n) is 7.44. The number of nitrogens with one attached hydrogen (secondary N) is 2. The van der Waals surface area contributed by atoms with E-state index in [1.54, 1.807) is 41.2 Å². The number of urea groups is 1. The number of aromatic nitrogens is 2. The molecule has 23 heavy (non-hydrogen) atoms. The fraction of sp³-hybridized carbons (Fsp3) is 0.312. The molecule has 1 aromatic heterocycles. The van der Waals surface area contributed by atoms with Gasteiger partial charge in [-0.15, -0.1) is 0 Å². The van der Waals surface area contributed by atoms with Crippen molar-refractivity contribution in [2.75, 3.05) is 17.7 Å². The molecular formula is C16H19N5O2. The third kappa shape index (κ3) is 3.03. The van der Waals surface area contributed by atoms with E-state index in [0.717, 1.165) is 11.3 Å². The minimum absolute atomic E-state index is 0.129. The van der Waals surface area contributed by atoms with E-state index in [4.69, 9.17) is 0 Å². The molecule has 0 bridgehead atoms. The summed E-state index contributed by atoms with van der Waals surface area (Å²) in [6, 6.07) is 5.52. The molecule has 120 valence electrons. The number of rotatable bonds is 3. The Kier molecular flexibility index (Phi) is 3.77. The van der Waals surface area contributed by atoms with Gasteiger partial charge in [-0.1, -0.05) is 0 Å². The summed E-state index contributed by atoms with van der Waals surface area (Å²) in [5.74, 6) is -0.204. The van der Waals surface area contributed by atoms with E-state index in [1.165, 1.54) is 0 Å². The van der Waals surface area contributed by atoms with Crippen LogP contribution in [-0.2, 0) is 6.54 Å². The average Bonchev–Trinajstić information content (AvgIpc) is 2.99. The van der Waals surface area contributed by atoms with Crippen molar-refractivity contribution in [1.29, 1.82) is 0 Å². The number of carbonyl (C=O) groups is 2. The summed E-state index contributed by atoms with van der Waals surface area (Å²) in [7, 11) is 1.73. The molecular weight excluding hydrogens is 294 g/mol. The van der Waals surface area contributed by atoms with Gasteiger partial charge < -0.3 is 15.5 Å². The van der Waals surface area contributed by atoms with Crippen molar-refractivity contribution in [2.45, 2.75) is 26.4 Å². The van der Waals surface area contributed by atoms with Gasteiger partial charge in [-0.2, -0.15) is 5.10 Å². The Morgan fingerprint density at radius 3 is 2.87 bits per heavy atom. The van der Waals surface area contributed by atoms with Crippen LogP contribution in [0.15, 0.2) is 30.6 Å². The quantitative estimate of drug-likeness (QED) is 0.914. The van der Waals surface area contributed by atoms with Gasteiger partial charge >= 0.3 is 6.03 Å². The van der Waals surface area contributed by atoms with Crippen molar-refractivity contribution < 1.29 is 9.59 Å². The monoisotopic (exact) mass is 313 g/mol. The summed E-state index contributed by atoms with van der Waals surface area (Å²) in [5, 5.41) is 9.83. The molecule has 0 atom stereocenters. The number of nitrogens with zero attached hydrogens (tertiary/aromatic N) is 3. The maximum Gasteiger partial charge on any atom is 0.321 e. The molecule has 1 aromatic carbocycles. The molecule has 2 N–H and O–H groups in total. The third-order valence-corrected chi connectivity index (χ3v) is 3.75. The van der Waals surface area contributed by atoms with Crippen LogP contribution in [0.25, 0.3) is 0 Å². The highest BCUT2D eigenvalue weighted by Crippen LogP contribution is 2.26. The zero-order chi connectivity index (χ0) is 16.6. The van der Waals surface area contributed by atoms with E-state index >= 15 is 0 Å². The summed E-state index contributed by atoms with van der Waals surface area (Å²) >= 11 is 0. The third-order valence-electron chi connectivity index (χ3n) is 3.75. The molecule has 2 aromatic rings. The van der Waals surface area contributed by atoms with Gasteiger partial charge in [0.15, 0.2) is 0 Å². The predicted molar refractivity (Wildman–Crippen MR) is 87.5 cm³/mol. The van der Waals surface area contributed by atoms with Gasteiger partial charge in [0.25, 0.3) is 5.91 Å². The van der Waals surface area contributed by atoms with Crippen LogP contribution in [0.4, 0.5) is 16.2 Å². The van der Waals surface area contributed by atoms with Crippen molar-refractivity contribution in [2.24, 2.45) is 0 Å². The number of benzene rings is 1. The van der Waals surface area contributed by atoms with Crippen molar-refractivity contribution in [1.82, 2.24) is 14.7 Å². The lowest BCUT2D eigenvalue weighted by Gasteiger charge is -2.26. The maximum absolute atomic E-state index is 12.3. The molecule has 0 saturated heterocycles. The van der Waals surface area contributed by atoms with Crippen LogP contribution in [0.5, 0.6) is 0 Å². The van der Waals surface area contributed by atoms with Crippen LogP contribution in [0, 0.1) is 0 Å². The van der Waals surface area contributed by atoms with E-state index in [-0.39, 0.29) is 18.0 Å². The van der Waals surface area contributed by atoms with Gasteiger partial charge in [0, 0.05) is 37.2 Å². The van der Waals surface area contributed by atoms with Gasteiger partial charge in [0.1, 0.15) is 0 Å². The van der Waals surface area contributed by atoms with E-state index in [2.05, 4.69) is 15.7 Å². The molecule has 1 aliphatic heterocycles. The maximum atomic E-state index is 12.3. The predicted octanol–water partition coefficient (Wildman–Crippen LogP) is 2.69. The zero-order valence-corrected chi connectivity index (χ0v) is 13.3. The van der Waals surface area contributed by atoms with Crippen LogP contribution in [-0.4, -0.2) is 33.7 Å². The molecule has 7 heteroatoms. The van der Waals surface area contributed by atoms with Crippen molar-refractivity contribution in [3.8, 4) is 0 Å². The number of amides is 3. The van der Waals surface area contributed by atoms with E-state index in [9.17, 15) is 9.59 Å². The first-order valence-corrected chi connectivity index (χ1v) is 7.44. The molecule has 3 amide bonds. The van der Waals surface area contributed by atoms with E-state index in [1.807, 2.05) is 19.9 Å². The Labute approximate surface area is 134 Å². The summed E-state index contributed by atoms with van der Waals surface area (Å²) in [4.78, 5) is 25.5. The average molecular weight is 313 g/mol. The Morgan fingerprint density at radius 1 is 1.39 bits per heavy atom. The standard InChI is InChI=1S/C16H19N5O2/c1-10(2)21-9-12(7-17-21)15(22)18-13-4-5-14-11(6-13)8-20(3)16(23)19-14/h4-7,9-10H,8H2,1-3H3,(H,18,22)(H,19,23). The van der Waals surface area contributed by atoms with Gasteiger partial charge in [0.05, 0.1) is 11.8 Å². The summed E-state index contributed by atoms with van der Waals surface area (Å²) in [5.41, 5.74) is 2.94. The van der Waals surface area contributed by atoms with E-state index < -0.39 is 0 Å². The molecule has 0 aliphatic carbocycles. The second-order valence-corrected chi connectivity index (χ2v) is 5.92. The van der Waals surface area contributed by atoms with Gasteiger partial charge in [-0.3, -0.25) is 9.48 Å². The largest absolute Gasteiger partial charge is 0.323 e. The topological polar surface area (TPSA) is 79.3 Å². The number of anilines is 2. The highest BCUT2D eigenvalue weighted by molar-refractivity contribution is 6.04. The lowest BCUT2D eigenvalue weighted by molar-refractivity contribution is 0.102. The van der Waals surface area contributed by atoms with Crippen LogP contribution >= 0.6 is 0 Å². The Hall–Kier alpha value is -2.83. The zero-order valence-electron chi connectivity index (χ0n) is 13.3. The minimum Gasteiger partial charge on any atom is -0.323 e. The number of hydrogen-bond acceptors (Lipinski definition) is 3. The highest BCUT2D eigenvalue weighted by atomic mass is 16.2. The summed E-state index contributed by atoms with van der Waals surface area (Å²) in [6.07, 6.45) is 3.29. The first-order chi connectivity index (χ1) is 10.9. The summed E-state index contributed by atoms with van der Waals surface area (Å²) < 4.78 is 1.74. The van der Waals surface area contributed by atoms with Gasteiger partial charge in [-0.05, 0) is 37.6 Å². The highest BCUT2D eigenvalue weighted by Gasteiger charge is 2.19. The minimum atomic E-state index is -0.204. The Balaban J connectivity index is 1.76. The van der Waals surface area contributed by atoms with Crippen molar-refractivity contribution in [3.05, 3.63) is 41.7 Å². The molecule has 3 rings (SSSR count). The molecule has 1 aliphatic rings. The lowest BCUT2D eigenvalue weighted by Crippen LogP contribution is -2.35. The smallest absolute Gasteiger partial charge is 0.321 e. The lowest BCUT2D eigenvalue weighted by atomic mass is 10.1. The normalized spacial score (nSPS) is 13.7. The van der Waals surface area contributed by atoms with Gasteiger partial charge in [-0.25, -0.2) is 4.79 Å². The van der Waals surface area contributed by atoms with Crippen LogP contribution in [0.1, 0.15) is 35.8 Å². The molecule has 7 nitrogen and oxygen atoms in total. The number of fused-ring (bicyclic) bond motifs is 1. The fourth-order valence-electron chi connectivity index (χ4n) is 2.40. The fourth-order valence-corrected chi connectivity index (χ4v) is 2.40. The molecule has 0 fully saturated rings. The first kappa shape index (κ1) is 15.1. The van der Waals surface area contributed by atoms with Crippen molar-refractivity contribution >= 4 is 23.3 Å². The molecule has 2 heterocycles.